The molecule has 1 amide bonds. The molecule has 1 aliphatic rings. The molecule has 0 unspecified atom stereocenters. The van der Waals surface area contributed by atoms with Gasteiger partial charge in [0.15, 0.2) is 5.78 Å². The van der Waals surface area contributed by atoms with Crippen LogP contribution in [0.1, 0.15) is 33.6 Å². The minimum absolute atomic E-state index is 0.0400. The number of nitrogens with zero attached hydrogens (tertiary/aromatic N) is 2. The van der Waals surface area contributed by atoms with E-state index in [0.717, 1.165) is 0 Å². The van der Waals surface area contributed by atoms with Gasteiger partial charge in [-0.05, 0) is 33.6 Å². The van der Waals surface area contributed by atoms with Crippen molar-refractivity contribution in [3.05, 3.63) is 11.8 Å². The molecule has 0 radical (unpaired) electrons. The number of ether oxygens (including phenoxy) is 2. The van der Waals surface area contributed by atoms with Crippen molar-refractivity contribution in [1.29, 1.82) is 0 Å². The molecule has 0 spiro atoms. The molecule has 24 heavy (non-hydrogen) atoms. The van der Waals surface area contributed by atoms with Crippen LogP contribution >= 0.6 is 0 Å². The predicted octanol–water partition coefficient (Wildman–Crippen LogP) is 1.82. The molecule has 7 heteroatoms. The normalized spacial score (nSPS) is 16.6. The van der Waals surface area contributed by atoms with Gasteiger partial charge in [-0.15, -0.1) is 0 Å². The van der Waals surface area contributed by atoms with E-state index in [2.05, 4.69) is 0 Å². The average Bonchev–Trinajstić information content (AvgIpc) is 2.49. The highest BCUT2D eigenvalue weighted by Crippen LogP contribution is 2.23. The van der Waals surface area contributed by atoms with Gasteiger partial charge in [-0.3, -0.25) is 4.79 Å². The fraction of sp³-hybridized carbons (Fsp3) is 0.706. The summed E-state index contributed by atoms with van der Waals surface area (Å²) in [7, 11) is 4.73. The van der Waals surface area contributed by atoms with Crippen molar-refractivity contribution in [2.45, 2.75) is 39.2 Å². The maximum Gasteiger partial charge on any atom is 0.410 e. The first-order valence-electron chi connectivity index (χ1n) is 8.04. The molecule has 1 aliphatic heterocycles. The highest BCUT2D eigenvalue weighted by Gasteiger charge is 2.33. The molecule has 0 aromatic heterocycles. The number of ketones is 1. The zero-order valence-corrected chi connectivity index (χ0v) is 15.4. The number of piperidine rings is 1. The number of rotatable bonds is 4. The van der Waals surface area contributed by atoms with E-state index in [9.17, 15) is 14.4 Å². The Balaban J connectivity index is 2.71. The summed E-state index contributed by atoms with van der Waals surface area (Å²) in [5, 5.41) is 0. The van der Waals surface area contributed by atoms with E-state index in [-0.39, 0.29) is 23.4 Å². The zero-order valence-electron chi connectivity index (χ0n) is 15.4. The molecule has 7 nitrogen and oxygen atoms in total. The lowest BCUT2D eigenvalue weighted by molar-refractivity contribution is -0.138. The quantitative estimate of drug-likeness (QED) is 0.336. The van der Waals surface area contributed by atoms with Gasteiger partial charge in [-0.25, -0.2) is 9.59 Å². The van der Waals surface area contributed by atoms with Crippen molar-refractivity contribution in [3.63, 3.8) is 0 Å². The highest BCUT2D eigenvalue weighted by atomic mass is 16.6. The first kappa shape index (κ1) is 20.0. The summed E-state index contributed by atoms with van der Waals surface area (Å²) in [5.41, 5.74) is -0.505. The Kier molecular flexibility index (Phi) is 6.81. The van der Waals surface area contributed by atoms with Gasteiger partial charge in [-0.2, -0.15) is 0 Å². The Morgan fingerprint density at radius 1 is 1.12 bits per heavy atom. The van der Waals surface area contributed by atoms with Crippen molar-refractivity contribution in [2.24, 2.45) is 5.92 Å². The number of carbonyl (C=O) groups is 3. The van der Waals surface area contributed by atoms with Crippen LogP contribution in [-0.2, 0) is 19.1 Å². The Hall–Kier alpha value is -2.05. The number of esters is 1. The highest BCUT2D eigenvalue weighted by molar-refractivity contribution is 6.18. The van der Waals surface area contributed by atoms with Gasteiger partial charge in [-0.1, -0.05) is 0 Å². The Morgan fingerprint density at radius 3 is 2.08 bits per heavy atom. The Bertz CT molecular complexity index is 512. The molecule has 136 valence electrons. The van der Waals surface area contributed by atoms with Gasteiger partial charge in [0, 0.05) is 39.3 Å². The minimum Gasteiger partial charge on any atom is -0.465 e. The third-order valence-corrected chi connectivity index (χ3v) is 3.58. The Labute approximate surface area is 143 Å². The van der Waals surface area contributed by atoms with Crippen LogP contribution in [0.25, 0.3) is 0 Å². The lowest BCUT2D eigenvalue weighted by atomic mass is 9.89. The molecule has 0 bridgehead atoms. The van der Waals surface area contributed by atoms with Crippen LogP contribution in [0, 0.1) is 5.92 Å². The van der Waals surface area contributed by atoms with E-state index in [0.29, 0.717) is 25.9 Å². The third-order valence-electron chi connectivity index (χ3n) is 3.58. The second-order valence-corrected chi connectivity index (χ2v) is 7.10. The van der Waals surface area contributed by atoms with Gasteiger partial charge in [0.05, 0.1) is 7.11 Å². The van der Waals surface area contributed by atoms with E-state index in [1.165, 1.54) is 13.3 Å². The lowest BCUT2D eigenvalue weighted by Gasteiger charge is -2.33. The molecule has 1 heterocycles. The number of likely N-dealkylation sites (tertiary alicyclic amines) is 1. The van der Waals surface area contributed by atoms with Crippen LogP contribution in [0.2, 0.25) is 0 Å². The van der Waals surface area contributed by atoms with Crippen molar-refractivity contribution in [1.82, 2.24) is 9.80 Å². The van der Waals surface area contributed by atoms with E-state index in [1.54, 1.807) is 23.9 Å². The summed E-state index contributed by atoms with van der Waals surface area (Å²) in [5.74, 6) is -1.17. The summed E-state index contributed by atoms with van der Waals surface area (Å²) in [6.07, 6.45) is 2.11. The van der Waals surface area contributed by atoms with Crippen molar-refractivity contribution in [2.75, 3.05) is 34.3 Å². The SMILES string of the molecule is COC(=O)/C(=C\N(C)C)C(=O)C1CCN(C(=O)OC(C)(C)C)CC1. The van der Waals surface area contributed by atoms with Gasteiger partial charge in [0.1, 0.15) is 11.2 Å². The average molecular weight is 340 g/mol. The minimum atomic E-state index is -0.636. The number of carbonyl (C=O) groups excluding carboxylic acids is 3. The second-order valence-electron chi connectivity index (χ2n) is 7.10. The molecule has 0 atom stereocenters. The number of amides is 1. The summed E-state index contributed by atoms with van der Waals surface area (Å²) >= 11 is 0. The van der Waals surface area contributed by atoms with Crippen molar-refractivity contribution in [3.8, 4) is 0 Å². The summed E-state index contributed by atoms with van der Waals surface area (Å²) in [6, 6.07) is 0. The van der Waals surface area contributed by atoms with Crippen LogP contribution in [0.4, 0.5) is 4.79 Å². The van der Waals surface area contributed by atoms with E-state index in [4.69, 9.17) is 9.47 Å². The number of methoxy groups -OCH3 is 1. The summed E-state index contributed by atoms with van der Waals surface area (Å²) < 4.78 is 10.0. The molecule has 1 fully saturated rings. The van der Waals surface area contributed by atoms with Crippen molar-refractivity contribution >= 4 is 17.8 Å². The molecule has 0 aliphatic carbocycles. The summed E-state index contributed by atoms with van der Waals surface area (Å²) in [4.78, 5) is 39.7. The number of hydrogen-bond donors (Lipinski definition) is 0. The smallest absolute Gasteiger partial charge is 0.410 e. The Morgan fingerprint density at radius 2 is 1.67 bits per heavy atom. The van der Waals surface area contributed by atoms with Crippen LogP contribution in [0.15, 0.2) is 11.8 Å². The van der Waals surface area contributed by atoms with Crippen LogP contribution in [0.5, 0.6) is 0 Å². The second kappa shape index (κ2) is 8.17. The van der Waals surface area contributed by atoms with Gasteiger partial charge < -0.3 is 19.3 Å². The first-order chi connectivity index (χ1) is 11.0. The predicted molar refractivity (Wildman–Crippen MR) is 89.3 cm³/mol. The molecule has 0 aromatic carbocycles. The topological polar surface area (TPSA) is 76.2 Å². The summed E-state index contributed by atoms with van der Waals surface area (Å²) in [6.45, 7) is 6.31. The third kappa shape index (κ3) is 5.86. The van der Waals surface area contributed by atoms with Crippen molar-refractivity contribution < 1.29 is 23.9 Å². The maximum atomic E-state index is 12.6. The number of hydrogen-bond acceptors (Lipinski definition) is 6. The molecular formula is C17H28N2O5. The fourth-order valence-electron chi connectivity index (χ4n) is 2.46. The molecule has 0 aromatic rings. The fourth-order valence-corrected chi connectivity index (χ4v) is 2.46. The maximum absolute atomic E-state index is 12.6. The molecule has 1 rings (SSSR count). The monoisotopic (exact) mass is 340 g/mol. The largest absolute Gasteiger partial charge is 0.465 e. The first-order valence-corrected chi connectivity index (χ1v) is 8.04. The standard InChI is InChI=1S/C17H28N2O5/c1-17(2,3)24-16(22)19-9-7-12(8-10-19)14(20)13(11-18(4)5)15(21)23-6/h11-12H,7-10H2,1-6H3/b13-11-. The molecule has 0 N–H and O–H groups in total. The zero-order chi connectivity index (χ0) is 18.5. The molecule has 0 saturated carbocycles. The lowest BCUT2D eigenvalue weighted by Crippen LogP contribution is -2.43. The number of Topliss-reactive ketones (excluding diaryl/α,β-unsaturated/α-hetero) is 1. The van der Waals surface area contributed by atoms with E-state index in [1.807, 2.05) is 20.8 Å². The molecule has 1 saturated heterocycles. The van der Waals surface area contributed by atoms with Crippen LogP contribution in [-0.4, -0.2) is 67.5 Å². The van der Waals surface area contributed by atoms with Crippen LogP contribution < -0.4 is 0 Å². The van der Waals surface area contributed by atoms with E-state index >= 15 is 0 Å². The van der Waals surface area contributed by atoms with Gasteiger partial charge in [0.2, 0.25) is 0 Å². The van der Waals surface area contributed by atoms with Gasteiger partial charge >= 0.3 is 12.1 Å². The van der Waals surface area contributed by atoms with Gasteiger partial charge in [0.25, 0.3) is 0 Å². The van der Waals surface area contributed by atoms with E-state index < -0.39 is 11.6 Å². The molecular weight excluding hydrogens is 312 g/mol. The van der Waals surface area contributed by atoms with Crippen LogP contribution in [0.3, 0.4) is 0 Å².